The fraction of sp³-hybridized carbons (Fsp3) is 0.545. The lowest BCUT2D eigenvalue weighted by Gasteiger charge is -2.38. The summed E-state index contributed by atoms with van der Waals surface area (Å²) in [5.74, 6) is -0.526. The second kappa shape index (κ2) is 8.12. The minimum absolute atomic E-state index is 0.0367. The van der Waals surface area contributed by atoms with E-state index in [0.717, 1.165) is 18.7 Å². The van der Waals surface area contributed by atoms with Crippen molar-refractivity contribution in [3.63, 3.8) is 0 Å². The molecule has 3 aromatic rings. The Morgan fingerprint density at radius 3 is 2.73 bits per heavy atom. The normalized spacial score (nSPS) is 25.7. The van der Waals surface area contributed by atoms with Crippen molar-refractivity contribution >= 4 is 11.6 Å². The molecular weight excluding hydrogens is 437 g/mol. The topological polar surface area (TPSA) is 100 Å². The van der Waals surface area contributed by atoms with Gasteiger partial charge in [0, 0.05) is 24.5 Å². The summed E-state index contributed by atoms with van der Waals surface area (Å²) in [6.07, 6.45) is 0.454. The van der Waals surface area contributed by atoms with E-state index in [-0.39, 0.29) is 24.2 Å². The molecule has 2 aliphatic rings. The predicted octanol–water partition coefficient (Wildman–Crippen LogP) is 4.12. The SMILES string of the molecule is C[C@@]1(COc2nc(N)nc([C@@H]3CCC[C@H](c4nnc5ccccn45)C3)c2C(F)(F)F)CCO1. The first kappa shape index (κ1) is 21.9. The van der Waals surface area contributed by atoms with Gasteiger partial charge in [0.15, 0.2) is 5.65 Å². The molecule has 0 amide bonds. The molecule has 1 saturated carbocycles. The molecule has 1 aliphatic heterocycles. The van der Waals surface area contributed by atoms with Crippen LogP contribution in [-0.4, -0.2) is 43.4 Å². The van der Waals surface area contributed by atoms with Crippen molar-refractivity contribution in [2.24, 2.45) is 0 Å². The van der Waals surface area contributed by atoms with Crippen LogP contribution in [0.1, 0.15) is 67.9 Å². The molecule has 5 rings (SSSR count). The van der Waals surface area contributed by atoms with Gasteiger partial charge in [-0.25, -0.2) is 4.98 Å². The second-order valence-corrected chi connectivity index (χ2v) is 9.03. The van der Waals surface area contributed by atoms with E-state index in [4.69, 9.17) is 15.2 Å². The smallest absolute Gasteiger partial charge is 0.423 e. The van der Waals surface area contributed by atoms with Gasteiger partial charge in [-0.15, -0.1) is 10.2 Å². The Morgan fingerprint density at radius 1 is 1.21 bits per heavy atom. The van der Waals surface area contributed by atoms with Gasteiger partial charge in [-0.2, -0.15) is 18.2 Å². The molecule has 0 radical (unpaired) electrons. The molecule has 11 heteroatoms. The van der Waals surface area contributed by atoms with Gasteiger partial charge in [-0.05, 0) is 38.3 Å². The van der Waals surface area contributed by atoms with Crippen molar-refractivity contribution in [3.05, 3.63) is 41.5 Å². The van der Waals surface area contributed by atoms with Crippen molar-refractivity contribution in [1.82, 2.24) is 24.6 Å². The van der Waals surface area contributed by atoms with Gasteiger partial charge in [0.2, 0.25) is 11.8 Å². The molecule has 0 spiro atoms. The van der Waals surface area contributed by atoms with E-state index in [9.17, 15) is 13.2 Å². The van der Waals surface area contributed by atoms with Crippen LogP contribution in [0.5, 0.6) is 5.88 Å². The van der Waals surface area contributed by atoms with Crippen LogP contribution in [0, 0.1) is 0 Å². The maximum Gasteiger partial charge on any atom is 0.423 e. The average molecular weight is 462 g/mol. The van der Waals surface area contributed by atoms with Gasteiger partial charge in [-0.3, -0.25) is 4.40 Å². The number of pyridine rings is 1. The highest BCUT2D eigenvalue weighted by Gasteiger charge is 2.44. The average Bonchev–Trinajstić information content (AvgIpc) is 3.19. The Balaban J connectivity index is 1.48. The van der Waals surface area contributed by atoms with Crippen LogP contribution in [0.3, 0.4) is 0 Å². The summed E-state index contributed by atoms with van der Waals surface area (Å²) in [7, 11) is 0. The van der Waals surface area contributed by atoms with Crippen LogP contribution in [0.15, 0.2) is 24.4 Å². The summed E-state index contributed by atoms with van der Waals surface area (Å²) in [5.41, 5.74) is 4.87. The molecule has 0 aromatic carbocycles. The highest BCUT2D eigenvalue weighted by atomic mass is 19.4. The summed E-state index contributed by atoms with van der Waals surface area (Å²) >= 11 is 0. The van der Waals surface area contributed by atoms with Crippen LogP contribution < -0.4 is 10.5 Å². The number of hydrogen-bond donors (Lipinski definition) is 1. The number of hydrogen-bond acceptors (Lipinski definition) is 7. The van der Waals surface area contributed by atoms with E-state index in [0.29, 0.717) is 31.5 Å². The molecule has 2 N–H and O–H groups in total. The second-order valence-electron chi connectivity index (χ2n) is 9.03. The third-order valence-corrected chi connectivity index (χ3v) is 6.57. The van der Waals surface area contributed by atoms with E-state index in [2.05, 4.69) is 20.2 Å². The van der Waals surface area contributed by atoms with E-state index in [1.165, 1.54) is 0 Å². The molecule has 3 aromatic heterocycles. The molecule has 1 saturated heterocycles. The highest BCUT2D eigenvalue weighted by Crippen LogP contribution is 2.46. The van der Waals surface area contributed by atoms with E-state index in [1.54, 1.807) is 6.92 Å². The molecular formula is C22H25F3N6O2. The summed E-state index contributed by atoms with van der Waals surface area (Å²) in [6, 6.07) is 5.59. The molecule has 1 aliphatic carbocycles. The number of aromatic nitrogens is 5. The molecule has 8 nitrogen and oxygen atoms in total. The van der Waals surface area contributed by atoms with Crippen LogP contribution in [0.2, 0.25) is 0 Å². The third-order valence-electron chi connectivity index (χ3n) is 6.57. The number of fused-ring (bicyclic) bond motifs is 1. The molecule has 4 heterocycles. The monoisotopic (exact) mass is 462 g/mol. The van der Waals surface area contributed by atoms with E-state index < -0.39 is 29.1 Å². The van der Waals surface area contributed by atoms with Gasteiger partial charge in [0.05, 0.1) is 12.3 Å². The quantitative estimate of drug-likeness (QED) is 0.609. The number of nitrogens with zero attached hydrogens (tertiary/aromatic N) is 5. The number of halogens is 3. The zero-order chi connectivity index (χ0) is 23.2. The first-order chi connectivity index (χ1) is 15.7. The molecule has 3 atom stereocenters. The van der Waals surface area contributed by atoms with Gasteiger partial charge in [0.25, 0.3) is 0 Å². The minimum Gasteiger partial charge on any atom is -0.474 e. The number of rotatable bonds is 5. The lowest BCUT2D eigenvalue weighted by atomic mass is 9.78. The highest BCUT2D eigenvalue weighted by molar-refractivity contribution is 5.41. The summed E-state index contributed by atoms with van der Waals surface area (Å²) < 4.78 is 55.6. The number of anilines is 1. The number of nitrogen functional groups attached to an aromatic ring is 1. The van der Waals surface area contributed by atoms with Crippen LogP contribution in [0.4, 0.5) is 19.1 Å². The Bertz CT molecular complexity index is 1160. The van der Waals surface area contributed by atoms with Crippen LogP contribution >= 0.6 is 0 Å². The van der Waals surface area contributed by atoms with Crippen molar-refractivity contribution in [1.29, 1.82) is 0 Å². The predicted molar refractivity (Wildman–Crippen MR) is 113 cm³/mol. The molecule has 0 bridgehead atoms. The van der Waals surface area contributed by atoms with Crippen LogP contribution in [0.25, 0.3) is 5.65 Å². The standard InChI is InChI=1S/C22H25F3N6O2/c1-21(8-10-33-21)12-32-19-16(22(23,24)25)17(27-20(26)28-19)13-5-4-6-14(11-13)18-30-29-15-7-2-3-9-31(15)18/h2-3,7,9,13-14H,4-6,8,10-12H2,1H3,(H2,26,27,28)/t13-,14+,21+/m1/s1. The maximum atomic E-state index is 14.2. The van der Waals surface area contributed by atoms with Gasteiger partial charge >= 0.3 is 6.18 Å². The molecule has 2 fully saturated rings. The number of alkyl halides is 3. The lowest BCUT2D eigenvalue weighted by Crippen LogP contribution is -2.46. The first-order valence-electron chi connectivity index (χ1n) is 11.0. The van der Waals surface area contributed by atoms with E-state index in [1.807, 2.05) is 28.8 Å². The fourth-order valence-corrected chi connectivity index (χ4v) is 4.74. The number of nitrogens with two attached hydrogens (primary N) is 1. The summed E-state index contributed by atoms with van der Waals surface area (Å²) in [4.78, 5) is 7.88. The minimum atomic E-state index is -4.69. The Labute approximate surface area is 188 Å². The molecule has 0 unspecified atom stereocenters. The molecule has 176 valence electrons. The van der Waals surface area contributed by atoms with Crippen molar-refractivity contribution in [2.75, 3.05) is 18.9 Å². The Hall–Kier alpha value is -2.95. The van der Waals surface area contributed by atoms with Crippen molar-refractivity contribution in [3.8, 4) is 5.88 Å². The third kappa shape index (κ3) is 4.21. The summed E-state index contributed by atoms with van der Waals surface area (Å²) in [6.45, 7) is 2.32. The van der Waals surface area contributed by atoms with E-state index >= 15 is 0 Å². The Kier molecular flexibility index (Phi) is 5.38. The number of ether oxygens (including phenoxy) is 2. The van der Waals surface area contributed by atoms with Gasteiger partial charge < -0.3 is 15.2 Å². The van der Waals surface area contributed by atoms with Gasteiger partial charge in [0.1, 0.15) is 23.6 Å². The van der Waals surface area contributed by atoms with Crippen molar-refractivity contribution < 1.29 is 22.6 Å². The van der Waals surface area contributed by atoms with Gasteiger partial charge in [-0.1, -0.05) is 12.5 Å². The zero-order valence-electron chi connectivity index (χ0n) is 18.2. The summed E-state index contributed by atoms with van der Waals surface area (Å²) in [5, 5.41) is 8.51. The Morgan fingerprint density at radius 2 is 2.00 bits per heavy atom. The zero-order valence-corrected chi connectivity index (χ0v) is 18.2. The lowest BCUT2D eigenvalue weighted by molar-refractivity contribution is -0.158. The molecule has 33 heavy (non-hydrogen) atoms. The largest absolute Gasteiger partial charge is 0.474 e. The van der Waals surface area contributed by atoms with Crippen molar-refractivity contribution in [2.45, 2.75) is 62.6 Å². The van der Waals surface area contributed by atoms with Crippen LogP contribution in [-0.2, 0) is 10.9 Å². The maximum absolute atomic E-state index is 14.2. The fourth-order valence-electron chi connectivity index (χ4n) is 4.74. The first-order valence-corrected chi connectivity index (χ1v) is 11.0.